The number of aliphatic imine (C=N–C) groups is 1. The summed E-state index contributed by atoms with van der Waals surface area (Å²) in [6, 6.07) is 8.64. The van der Waals surface area contributed by atoms with E-state index in [1.165, 1.54) is 36.1 Å². The van der Waals surface area contributed by atoms with Crippen LogP contribution in [0.4, 0.5) is 10.1 Å². The van der Waals surface area contributed by atoms with Gasteiger partial charge in [-0.1, -0.05) is 11.6 Å². The molecule has 1 saturated heterocycles. The molecule has 0 radical (unpaired) electrons. The Morgan fingerprint density at radius 2 is 1.93 bits per heavy atom. The standard InChI is InChI=1S/C19H12ClFN2O4S/c1-10(24)22-19-23(13-4-2-12(21)3-5-13)18(25)17(28-19)7-11-6-15-16(8-14(11)20)27-9-26-15/h2-8H,9H2,1H3/b17-7+,22-19?. The fourth-order valence-electron chi connectivity index (χ4n) is 2.69. The number of fused-ring (bicyclic) bond motifs is 1. The zero-order valence-corrected chi connectivity index (χ0v) is 16.0. The molecule has 0 unspecified atom stereocenters. The number of anilines is 1. The summed E-state index contributed by atoms with van der Waals surface area (Å²) >= 11 is 7.32. The second-order valence-corrected chi connectivity index (χ2v) is 7.28. The molecule has 0 aromatic heterocycles. The minimum Gasteiger partial charge on any atom is -0.454 e. The lowest BCUT2D eigenvalue weighted by molar-refractivity contribution is -0.115. The number of hydrogen-bond acceptors (Lipinski definition) is 5. The van der Waals surface area contributed by atoms with Crippen molar-refractivity contribution in [3.05, 3.63) is 57.7 Å². The first-order valence-electron chi connectivity index (χ1n) is 8.10. The normalized spacial score (nSPS) is 18.4. The van der Waals surface area contributed by atoms with Gasteiger partial charge in [0.05, 0.1) is 15.6 Å². The van der Waals surface area contributed by atoms with E-state index in [0.29, 0.717) is 32.7 Å². The molecule has 0 saturated carbocycles. The Kier molecular flexibility index (Phi) is 4.82. The van der Waals surface area contributed by atoms with Crippen LogP contribution >= 0.6 is 23.4 Å². The molecule has 2 aromatic rings. The molecule has 0 bridgehead atoms. The summed E-state index contributed by atoms with van der Waals surface area (Å²) in [4.78, 5) is 30.0. The van der Waals surface area contributed by atoms with Crippen LogP contribution in [-0.4, -0.2) is 23.8 Å². The highest BCUT2D eigenvalue weighted by molar-refractivity contribution is 8.19. The molecule has 28 heavy (non-hydrogen) atoms. The Balaban J connectivity index is 1.75. The summed E-state index contributed by atoms with van der Waals surface area (Å²) in [5.74, 6) is -0.227. The van der Waals surface area contributed by atoms with Crippen LogP contribution in [0.1, 0.15) is 12.5 Å². The van der Waals surface area contributed by atoms with E-state index in [1.807, 2.05) is 0 Å². The largest absolute Gasteiger partial charge is 0.454 e. The number of hydrogen-bond donors (Lipinski definition) is 0. The van der Waals surface area contributed by atoms with E-state index < -0.39 is 17.6 Å². The number of amides is 2. The number of benzene rings is 2. The fraction of sp³-hybridized carbons (Fsp3) is 0.105. The monoisotopic (exact) mass is 418 g/mol. The highest BCUT2D eigenvalue weighted by atomic mass is 35.5. The van der Waals surface area contributed by atoms with Crippen molar-refractivity contribution in [1.29, 1.82) is 0 Å². The Labute approximate surface area is 168 Å². The van der Waals surface area contributed by atoms with E-state index >= 15 is 0 Å². The number of rotatable bonds is 2. The third-order valence-electron chi connectivity index (χ3n) is 3.92. The van der Waals surface area contributed by atoms with Gasteiger partial charge in [-0.25, -0.2) is 4.39 Å². The van der Waals surface area contributed by atoms with Crippen molar-refractivity contribution in [2.24, 2.45) is 4.99 Å². The molecule has 0 aliphatic carbocycles. The number of ether oxygens (including phenoxy) is 2. The summed E-state index contributed by atoms with van der Waals surface area (Å²) < 4.78 is 23.9. The summed E-state index contributed by atoms with van der Waals surface area (Å²) in [6.07, 6.45) is 1.59. The van der Waals surface area contributed by atoms with Gasteiger partial charge in [-0.15, -0.1) is 0 Å². The van der Waals surface area contributed by atoms with Crippen molar-refractivity contribution in [2.75, 3.05) is 11.7 Å². The van der Waals surface area contributed by atoms with Crippen LogP contribution in [0.2, 0.25) is 5.02 Å². The van der Waals surface area contributed by atoms with Crippen LogP contribution in [0.3, 0.4) is 0 Å². The van der Waals surface area contributed by atoms with Crippen molar-refractivity contribution >= 4 is 52.1 Å². The van der Waals surface area contributed by atoms with Crippen molar-refractivity contribution in [1.82, 2.24) is 0 Å². The van der Waals surface area contributed by atoms with Gasteiger partial charge in [0.1, 0.15) is 5.82 Å². The zero-order valence-electron chi connectivity index (χ0n) is 14.4. The van der Waals surface area contributed by atoms with Gasteiger partial charge in [-0.3, -0.25) is 14.5 Å². The molecule has 4 rings (SSSR count). The van der Waals surface area contributed by atoms with Crippen molar-refractivity contribution in [3.63, 3.8) is 0 Å². The van der Waals surface area contributed by atoms with E-state index in [4.69, 9.17) is 21.1 Å². The fourth-order valence-corrected chi connectivity index (χ4v) is 3.91. The van der Waals surface area contributed by atoms with Gasteiger partial charge in [0.2, 0.25) is 12.7 Å². The molecule has 0 spiro atoms. The van der Waals surface area contributed by atoms with Crippen molar-refractivity contribution in [3.8, 4) is 11.5 Å². The third kappa shape index (κ3) is 3.48. The number of carbonyl (C=O) groups excluding carboxylic acids is 2. The van der Waals surface area contributed by atoms with Crippen molar-refractivity contribution < 1.29 is 23.5 Å². The van der Waals surface area contributed by atoms with Gasteiger partial charge < -0.3 is 9.47 Å². The van der Waals surface area contributed by atoms with Crippen LogP contribution in [0.15, 0.2) is 46.3 Å². The zero-order chi connectivity index (χ0) is 19.8. The van der Waals surface area contributed by atoms with Gasteiger partial charge in [0, 0.05) is 13.0 Å². The van der Waals surface area contributed by atoms with Gasteiger partial charge in [0.25, 0.3) is 5.91 Å². The summed E-state index contributed by atoms with van der Waals surface area (Å²) in [5, 5.41) is 0.572. The highest BCUT2D eigenvalue weighted by Gasteiger charge is 2.35. The average Bonchev–Trinajstić information content (AvgIpc) is 3.20. The Bertz CT molecular complexity index is 1050. The lowest BCUT2D eigenvalue weighted by Crippen LogP contribution is -2.29. The smallest absolute Gasteiger partial charge is 0.271 e. The number of halogens is 2. The number of nitrogens with zero attached hydrogens (tertiary/aromatic N) is 2. The molecule has 2 aliphatic rings. The predicted molar refractivity (Wildman–Crippen MR) is 105 cm³/mol. The molecule has 6 nitrogen and oxygen atoms in total. The van der Waals surface area contributed by atoms with E-state index in [1.54, 1.807) is 18.2 Å². The molecule has 2 amide bonds. The molecule has 2 aliphatic heterocycles. The van der Waals surface area contributed by atoms with Crippen LogP contribution < -0.4 is 14.4 Å². The molecule has 2 aromatic carbocycles. The summed E-state index contributed by atoms with van der Waals surface area (Å²) in [6.45, 7) is 1.39. The lowest BCUT2D eigenvalue weighted by atomic mass is 10.1. The number of thioether (sulfide) groups is 1. The minimum atomic E-state index is -0.454. The molecule has 0 N–H and O–H groups in total. The quantitative estimate of drug-likeness (QED) is 0.683. The Morgan fingerprint density at radius 3 is 2.61 bits per heavy atom. The molecule has 9 heteroatoms. The topological polar surface area (TPSA) is 68.2 Å². The van der Waals surface area contributed by atoms with E-state index in [2.05, 4.69) is 4.99 Å². The van der Waals surface area contributed by atoms with E-state index in [0.717, 1.165) is 11.8 Å². The molecule has 1 fully saturated rings. The van der Waals surface area contributed by atoms with Crippen LogP contribution in [0.5, 0.6) is 11.5 Å². The molecule has 142 valence electrons. The molecule has 0 atom stereocenters. The van der Waals surface area contributed by atoms with E-state index in [-0.39, 0.29) is 12.0 Å². The van der Waals surface area contributed by atoms with Crippen molar-refractivity contribution in [2.45, 2.75) is 6.92 Å². The predicted octanol–water partition coefficient (Wildman–Crippen LogP) is 4.23. The molecule has 2 heterocycles. The second-order valence-electron chi connectivity index (χ2n) is 5.87. The van der Waals surface area contributed by atoms with Crippen LogP contribution in [0.25, 0.3) is 6.08 Å². The van der Waals surface area contributed by atoms with Gasteiger partial charge in [-0.2, -0.15) is 4.99 Å². The molecular weight excluding hydrogens is 407 g/mol. The van der Waals surface area contributed by atoms with Gasteiger partial charge in [0.15, 0.2) is 16.7 Å². The average molecular weight is 419 g/mol. The number of amidine groups is 1. The highest BCUT2D eigenvalue weighted by Crippen LogP contribution is 2.40. The van der Waals surface area contributed by atoms with Gasteiger partial charge >= 0.3 is 0 Å². The Hall–Kier alpha value is -2.84. The maximum Gasteiger partial charge on any atom is 0.271 e. The third-order valence-corrected chi connectivity index (χ3v) is 5.22. The number of carbonyl (C=O) groups is 2. The maximum absolute atomic E-state index is 13.3. The first kappa shape index (κ1) is 18.5. The molecular formula is C19H12ClFN2O4S. The second kappa shape index (κ2) is 7.29. The van der Waals surface area contributed by atoms with E-state index in [9.17, 15) is 14.0 Å². The summed E-state index contributed by atoms with van der Waals surface area (Å²) in [7, 11) is 0. The van der Waals surface area contributed by atoms with Crippen LogP contribution in [-0.2, 0) is 9.59 Å². The van der Waals surface area contributed by atoms with Gasteiger partial charge in [-0.05, 0) is 53.7 Å². The lowest BCUT2D eigenvalue weighted by Gasteiger charge is -2.15. The maximum atomic E-state index is 13.3. The first-order chi connectivity index (χ1) is 13.4. The SMILES string of the molecule is CC(=O)N=C1S/C(=C/c2cc3c(cc2Cl)OCO3)C(=O)N1c1ccc(F)cc1. The Morgan fingerprint density at radius 1 is 1.25 bits per heavy atom. The first-order valence-corrected chi connectivity index (χ1v) is 9.30. The van der Waals surface area contributed by atoms with Crippen LogP contribution in [0, 0.1) is 5.82 Å². The minimum absolute atomic E-state index is 0.104. The summed E-state index contributed by atoms with van der Waals surface area (Å²) in [5.41, 5.74) is 0.962.